The molecule has 0 N–H and O–H groups in total. The lowest BCUT2D eigenvalue weighted by Crippen LogP contribution is -2.33. The molecule has 0 amide bonds. The summed E-state index contributed by atoms with van der Waals surface area (Å²) in [6.45, 7) is 8.79. The summed E-state index contributed by atoms with van der Waals surface area (Å²) < 4.78 is 5.44. The SMILES string of the molecule is CCCC(C)(OC)C(C)C. The topological polar surface area (TPSA) is 9.23 Å². The second kappa shape index (κ2) is 3.97. The molecule has 0 saturated carbocycles. The van der Waals surface area contributed by atoms with Gasteiger partial charge in [0.25, 0.3) is 0 Å². The molecule has 10 heavy (non-hydrogen) atoms. The Balaban J connectivity index is 3.94. The lowest BCUT2D eigenvalue weighted by atomic mass is 9.88. The van der Waals surface area contributed by atoms with Gasteiger partial charge in [0.15, 0.2) is 0 Å². The molecule has 0 rings (SSSR count). The Labute approximate surface area is 64.8 Å². The minimum Gasteiger partial charge on any atom is -0.378 e. The van der Waals surface area contributed by atoms with E-state index in [9.17, 15) is 0 Å². The van der Waals surface area contributed by atoms with Crippen molar-refractivity contribution in [2.24, 2.45) is 5.92 Å². The summed E-state index contributed by atoms with van der Waals surface area (Å²) in [5.74, 6) is 0.609. The molecule has 0 bridgehead atoms. The van der Waals surface area contributed by atoms with Gasteiger partial charge >= 0.3 is 0 Å². The van der Waals surface area contributed by atoms with Gasteiger partial charge in [-0.15, -0.1) is 0 Å². The van der Waals surface area contributed by atoms with E-state index in [-0.39, 0.29) is 5.60 Å². The third kappa shape index (κ3) is 2.30. The molecule has 0 aromatic rings. The van der Waals surface area contributed by atoms with Crippen molar-refractivity contribution >= 4 is 0 Å². The van der Waals surface area contributed by atoms with Crippen molar-refractivity contribution < 1.29 is 4.74 Å². The van der Waals surface area contributed by atoms with Crippen molar-refractivity contribution in [2.45, 2.75) is 46.1 Å². The molecule has 0 aliphatic carbocycles. The summed E-state index contributed by atoms with van der Waals surface area (Å²) in [4.78, 5) is 0. The Morgan fingerprint density at radius 1 is 1.40 bits per heavy atom. The van der Waals surface area contributed by atoms with Gasteiger partial charge in [-0.3, -0.25) is 0 Å². The largest absolute Gasteiger partial charge is 0.378 e. The fraction of sp³-hybridized carbons (Fsp3) is 1.00. The fourth-order valence-electron chi connectivity index (χ4n) is 1.12. The monoisotopic (exact) mass is 144 g/mol. The molecule has 1 atom stereocenters. The molecule has 0 spiro atoms. The lowest BCUT2D eigenvalue weighted by Gasteiger charge is -2.31. The molecule has 0 fully saturated rings. The minimum atomic E-state index is 0.0920. The van der Waals surface area contributed by atoms with Crippen molar-refractivity contribution in [2.75, 3.05) is 7.11 Å². The van der Waals surface area contributed by atoms with Crippen LogP contribution in [0.2, 0.25) is 0 Å². The fourth-order valence-corrected chi connectivity index (χ4v) is 1.12. The molecule has 62 valence electrons. The second-order valence-corrected chi connectivity index (χ2v) is 3.42. The zero-order chi connectivity index (χ0) is 8.20. The first-order valence-electron chi connectivity index (χ1n) is 4.12. The van der Waals surface area contributed by atoms with E-state index in [2.05, 4.69) is 27.7 Å². The summed E-state index contributed by atoms with van der Waals surface area (Å²) in [5, 5.41) is 0. The predicted octanol–water partition coefficient (Wildman–Crippen LogP) is 2.85. The minimum absolute atomic E-state index is 0.0920. The highest BCUT2D eigenvalue weighted by Gasteiger charge is 2.26. The van der Waals surface area contributed by atoms with E-state index in [1.54, 1.807) is 7.11 Å². The van der Waals surface area contributed by atoms with Gasteiger partial charge in [-0.05, 0) is 19.3 Å². The lowest BCUT2D eigenvalue weighted by molar-refractivity contribution is -0.0390. The third-order valence-electron chi connectivity index (χ3n) is 2.43. The van der Waals surface area contributed by atoms with Crippen molar-refractivity contribution in [1.29, 1.82) is 0 Å². The number of methoxy groups -OCH3 is 1. The summed E-state index contributed by atoms with van der Waals surface area (Å²) >= 11 is 0. The molecule has 1 heteroatoms. The maximum Gasteiger partial charge on any atom is 0.0673 e. The van der Waals surface area contributed by atoms with Gasteiger partial charge < -0.3 is 4.74 Å². The standard InChI is InChI=1S/C9H20O/c1-6-7-9(4,10-5)8(2)3/h8H,6-7H2,1-5H3. The van der Waals surface area contributed by atoms with Crippen LogP contribution < -0.4 is 0 Å². The van der Waals surface area contributed by atoms with Crippen molar-refractivity contribution in [3.05, 3.63) is 0 Å². The molecule has 0 aromatic heterocycles. The summed E-state index contributed by atoms with van der Waals surface area (Å²) in [6.07, 6.45) is 2.35. The number of ether oxygens (including phenoxy) is 1. The Morgan fingerprint density at radius 3 is 2.00 bits per heavy atom. The van der Waals surface area contributed by atoms with Crippen LogP contribution in [0, 0.1) is 5.92 Å². The summed E-state index contributed by atoms with van der Waals surface area (Å²) in [5.41, 5.74) is 0.0920. The first-order chi connectivity index (χ1) is 4.56. The van der Waals surface area contributed by atoms with Crippen LogP contribution in [0.25, 0.3) is 0 Å². The first-order valence-corrected chi connectivity index (χ1v) is 4.12. The van der Waals surface area contributed by atoms with Crippen molar-refractivity contribution in [3.8, 4) is 0 Å². The molecule has 1 unspecified atom stereocenters. The van der Waals surface area contributed by atoms with E-state index in [0.717, 1.165) is 6.42 Å². The van der Waals surface area contributed by atoms with E-state index in [1.165, 1.54) is 6.42 Å². The van der Waals surface area contributed by atoms with Gasteiger partial charge in [-0.1, -0.05) is 27.2 Å². The average Bonchev–Trinajstić information content (AvgIpc) is 1.88. The van der Waals surface area contributed by atoms with Crippen LogP contribution >= 0.6 is 0 Å². The second-order valence-electron chi connectivity index (χ2n) is 3.42. The zero-order valence-electron chi connectivity index (χ0n) is 7.90. The average molecular weight is 144 g/mol. The van der Waals surface area contributed by atoms with Gasteiger partial charge in [0.2, 0.25) is 0 Å². The van der Waals surface area contributed by atoms with Crippen LogP contribution in [-0.4, -0.2) is 12.7 Å². The quantitative estimate of drug-likeness (QED) is 0.589. The molecule has 0 aliphatic heterocycles. The molecule has 1 nitrogen and oxygen atoms in total. The molecule has 0 heterocycles. The van der Waals surface area contributed by atoms with E-state index >= 15 is 0 Å². The van der Waals surface area contributed by atoms with Crippen LogP contribution in [0.15, 0.2) is 0 Å². The van der Waals surface area contributed by atoms with Gasteiger partial charge in [-0.25, -0.2) is 0 Å². The van der Waals surface area contributed by atoms with Crippen LogP contribution in [0.4, 0.5) is 0 Å². The Morgan fingerprint density at radius 2 is 1.90 bits per heavy atom. The summed E-state index contributed by atoms with van der Waals surface area (Å²) in [7, 11) is 1.80. The van der Waals surface area contributed by atoms with E-state index in [0.29, 0.717) is 5.92 Å². The van der Waals surface area contributed by atoms with E-state index in [4.69, 9.17) is 4.74 Å². The van der Waals surface area contributed by atoms with Crippen LogP contribution in [0.1, 0.15) is 40.5 Å². The van der Waals surface area contributed by atoms with Crippen LogP contribution in [0.3, 0.4) is 0 Å². The third-order valence-corrected chi connectivity index (χ3v) is 2.43. The maximum atomic E-state index is 5.44. The molecular weight excluding hydrogens is 124 g/mol. The Kier molecular flexibility index (Phi) is 3.95. The van der Waals surface area contributed by atoms with Crippen molar-refractivity contribution in [1.82, 2.24) is 0 Å². The van der Waals surface area contributed by atoms with E-state index < -0.39 is 0 Å². The normalized spacial score (nSPS) is 17.4. The van der Waals surface area contributed by atoms with Crippen LogP contribution in [-0.2, 0) is 4.74 Å². The first kappa shape index (κ1) is 9.96. The van der Waals surface area contributed by atoms with Gasteiger partial charge in [0, 0.05) is 7.11 Å². The smallest absolute Gasteiger partial charge is 0.0673 e. The molecule has 0 aromatic carbocycles. The Hall–Kier alpha value is -0.0400. The van der Waals surface area contributed by atoms with Gasteiger partial charge in [-0.2, -0.15) is 0 Å². The number of hydrogen-bond acceptors (Lipinski definition) is 1. The van der Waals surface area contributed by atoms with Gasteiger partial charge in [0.05, 0.1) is 5.60 Å². The molecule has 0 aliphatic rings. The highest BCUT2D eigenvalue weighted by molar-refractivity contribution is 4.77. The highest BCUT2D eigenvalue weighted by atomic mass is 16.5. The molecule has 0 radical (unpaired) electrons. The van der Waals surface area contributed by atoms with Crippen LogP contribution in [0.5, 0.6) is 0 Å². The maximum absolute atomic E-state index is 5.44. The number of hydrogen-bond donors (Lipinski definition) is 0. The predicted molar refractivity (Wildman–Crippen MR) is 45.2 cm³/mol. The molecule has 0 saturated heterocycles. The molecular formula is C9H20O. The van der Waals surface area contributed by atoms with Gasteiger partial charge in [0.1, 0.15) is 0 Å². The van der Waals surface area contributed by atoms with Crippen molar-refractivity contribution in [3.63, 3.8) is 0 Å². The zero-order valence-corrected chi connectivity index (χ0v) is 7.90. The number of rotatable bonds is 4. The summed E-state index contributed by atoms with van der Waals surface area (Å²) in [6, 6.07) is 0. The Bertz CT molecular complexity index is 88.7. The van der Waals surface area contributed by atoms with E-state index in [1.807, 2.05) is 0 Å². The highest BCUT2D eigenvalue weighted by Crippen LogP contribution is 2.25.